The van der Waals surface area contributed by atoms with Crippen molar-refractivity contribution >= 4 is 28.1 Å². The highest BCUT2D eigenvalue weighted by molar-refractivity contribution is 9.10. The van der Waals surface area contributed by atoms with Gasteiger partial charge in [-0.15, -0.1) is 0 Å². The quantitative estimate of drug-likeness (QED) is 0.659. The summed E-state index contributed by atoms with van der Waals surface area (Å²) in [6.45, 7) is 1.89. The van der Waals surface area contributed by atoms with E-state index >= 15 is 0 Å². The molecule has 21 heavy (non-hydrogen) atoms. The number of aromatic hydroxyl groups is 1. The molecule has 5 heteroatoms. The Morgan fingerprint density at radius 2 is 2.00 bits per heavy atom. The van der Waals surface area contributed by atoms with Crippen molar-refractivity contribution in [3.05, 3.63) is 63.6 Å². The lowest BCUT2D eigenvalue weighted by Gasteiger charge is -2.02. The van der Waals surface area contributed by atoms with Gasteiger partial charge in [0.2, 0.25) is 5.91 Å². The standard InChI is InChI=1S/C16H15BrN2O2/c1-11-2-5-13(15(20)8-11)10-18-19-16(21)9-12-3-6-14(17)7-4-12/h2-8,10,20H,9H2,1H3,(H,19,21). The van der Waals surface area contributed by atoms with Crippen LogP contribution in [0.25, 0.3) is 0 Å². The third kappa shape index (κ3) is 4.72. The molecule has 2 aromatic carbocycles. The molecule has 0 bridgehead atoms. The molecular weight excluding hydrogens is 332 g/mol. The average molecular weight is 347 g/mol. The van der Waals surface area contributed by atoms with Crippen molar-refractivity contribution in [3.63, 3.8) is 0 Å². The maximum absolute atomic E-state index is 11.7. The van der Waals surface area contributed by atoms with Crippen molar-refractivity contribution < 1.29 is 9.90 Å². The molecule has 0 radical (unpaired) electrons. The molecule has 108 valence electrons. The monoisotopic (exact) mass is 346 g/mol. The zero-order chi connectivity index (χ0) is 15.2. The normalized spacial score (nSPS) is 10.8. The van der Waals surface area contributed by atoms with Crippen LogP contribution in [0, 0.1) is 6.92 Å². The minimum Gasteiger partial charge on any atom is -0.507 e. The molecule has 2 N–H and O–H groups in total. The Kier molecular flexibility index (Phi) is 5.11. The number of carbonyl (C=O) groups is 1. The summed E-state index contributed by atoms with van der Waals surface area (Å²) in [4.78, 5) is 11.7. The number of phenolic OH excluding ortho intramolecular Hbond substituents is 1. The molecule has 0 saturated heterocycles. The van der Waals surface area contributed by atoms with Crippen LogP contribution in [0.3, 0.4) is 0 Å². The average Bonchev–Trinajstić information content (AvgIpc) is 2.44. The van der Waals surface area contributed by atoms with E-state index < -0.39 is 0 Å². The molecule has 0 fully saturated rings. The van der Waals surface area contributed by atoms with Crippen LogP contribution in [0.15, 0.2) is 52.0 Å². The van der Waals surface area contributed by atoms with Crippen molar-refractivity contribution in [2.24, 2.45) is 5.10 Å². The number of amides is 1. The molecule has 2 rings (SSSR count). The van der Waals surface area contributed by atoms with Gasteiger partial charge in [0.1, 0.15) is 5.75 Å². The van der Waals surface area contributed by atoms with Gasteiger partial charge in [-0.3, -0.25) is 4.79 Å². The van der Waals surface area contributed by atoms with E-state index in [1.165, 1.54) is 6.21 Å². The van der Waals surface area contributed by atoms with Gasteiger partial charge in [0.15, 0.2) is 0 Å². The van der Waals surface area contributed by atoms with E-state index in [0.717, 1.165) is 15.6 Å². The van der Waals surface area contributed by atoms with Crippen LogP contribution in [0.1, 0.15) is 16.7 Å². The molecule has 0 aliphatic heterocycles. The Labute approximate surface area is 131 Å². The van der Waals surface area contributed by atoms with E-state index in [1.807, 2.05) is 37.3 Å². The summed E-state index contributed by atoms with van der Waals surface area (Å²) in [5, 5.41) is 13.6. The Balaban J connectivity index is 1.91. The Morgan fingerprint density at radius 1 is 1.29 bits per heavy atom. The summed E-state index contributed by atoms with van der Waals surface area (Å²) >= 11 is 3.34. The Bertz CT molecular complexity index is 666. The molecule has 2 aromatic rings. The summed E-state index contributed by atoms with van der Waals surface area (Å²) in [6.07, 6.45) is 1.68. The number of carbonyl (C=O) groups excluding carboxylic acids is 1. The van der Waals surface area contributed by atoms with Crippen LogP contribution >= 0.6 is 15.9 Å². The SMILES string of the molecule is Cc1ccc(C=NNC(=O)Cc2ccc(Br)cc2)c(O)c1. The van der Waals surface area contributed by atoms with E-state index in [-0.39, 0.29) is 18.1 Å². The zero-order valence-corrected chi connectivity index (χ0v) is 13.1. The van der Waals surface area contributed by atoms with Gasteiger partial charge in [0.05, 0.1) is 12.6 Å². The first kappa shape index (κ1) is 15.3. The van der Waals surface area contributed by atoms with Crippen LogP contribution in [0.2, 0.25) is 0 Å². The van der Waals surface area contributed by atoms with Gasteiger partial charge in [0.25, 0.3) is 0 Å². The lowest BCUT2D eigenvalue weighted by Crippen LogP contribution is -2.19. The second-order valence-electron chi connectivity index (χ2n) is 4.66. The molecule has 0 aliphatic rings. The first-order valence-electron chi connectivity index (χ1n) is 6.40. The fourth-order valence-electron chi connectivity index (χ4n) is 1.76. The molecule has 0 saturated carbocycles. The maximum atomic E-state index is 11.7. The van der Waals surface area contributed by atoms with Crippen molar-refractivity contribution in [1.29, 1.82) is 0 Å². The Hall–Kier alpha value is -2.14. The molecule has 0 unspecified atom stereocenters. The van der Waals surface area contributed by atoms with Gasteiger partial charge >= 0.3 is 0 Å². The molecule has 0 aromatic heterocycles. The number of halogens is 1. The van der Waals surface area contributed by atoms with E-state index in [4.69, 9.17) is 0 Å². The van der Waals surface area contributed by atoms with Crippen LogP contribution < -0.4 is 5.43 Å². The largest absolute Gasteiger partial charge is 0.507 e. The van der Waals surface area contributed by atoms with Crippen molar-refractivity contribution in [3.8, 4) is 5.75 Å². The van der Waals surface area contributed by atoms with Crippen molar-refractivity contribution in [2.45, 2.75) is 13.3 Å². The first-order valence-corrected chi connectivity index (χ1v) is 7.20. The zero-order valence-electron chi connectivity index (χ0n) is 11.5. The number of nitrogens with one attached hydrogen (secondary N) is 1. The van der Waals surface area contributed by atoms with Crippen LogP contribution in [0.5, 0.6) is 5.75 Å². The van der Waals surface area contributed by atoms with Crippen molar-refractivity contribution in [1.82, 2.24) is 5.43 Å². The summed E-state index contributed by atoms with van der Waals surface area (Å²) in [5.74, 6) is -0.0684. The van der Waals surface area contributed by atoms with E-state index in [2.05, 4.69) is 26.5 Å². The van der Waals surface area contributed by atoms with E-state index in [1.54, 1.807) is 12.1 Å². The molecule has 4 nitrogen and oxygen atoms in total. The highest BCUT2D eigenvalue weighted by atomic mass is 79.9. The lowest BCUT2D eigenvalue weighted by molar-refractivity contribution is -0.120. The number of nitrogens with zero attached hydrogens (tertiary/aromatic N) is 1. The molecule has 0 heterocycles. The summed E-state index contributed by atoms with van der Waals surface area (Å²) in [5.41, 5.74) is 4.87. The third-order valence-electron chi connectivity index (χ3n) is 2.86. The van der Waals surface area contributed by atoms with Gasteiger partial charge in [-0.05, 0) is 42.3 Å². The van der Waals surface area contributed by atoms with Crippen LogP contribution in [-0.2, 0) is 11.2 Å². The second kappa shape index (κ2) is 7.04. The number of rotatable bonds is 4. The number of phenols is 1. The minimum atomic E-state index is -0.208. The predicted octanol–water partition coefficient (Wildman–Crippen LogP) is 3.16. The summed E-state index contributed by atoms with van der Waals surface area (Å²) in [6, 6.07) is 12.8. The van der Waals surface area contributed by atoms with Gasteiger partial charge in [-0.25, -0.2) is 5.43 Å². The highest BCUT2D eigenvalue weighted by Gasteiger charge is 2.02. The van der Waals surface area contributed by atoms with Crippen molar-refractivity contribution in [2.75, 3.05) is 0 Å². The number of hydrogen-bond acceptors (Lipinski definition) is 3. The highest BCUT2D eigenvalue weighted by Crippen LogP contribution is 2.16. The lowest BCUT2D eigenvalue weighted by atomic mass is 10.1. The van der Waals surface area contributed by atoms with Gasteiger partial charge < -0.3 is 5.11 Å². The van der Waals surface area contributed by atoms with Gasteiger partial charge in [-0.2, -0.15) is 5.10 Å². The summed E-state index contributed by atoms with van der Waals surface area (Å²) in [7, 11) is 0. The minimum absolute atomic E-state index is 0.140. The fraction of sp³-hybridized carbons (Fsp3) is 0.125. The predicted molar refractivity (Wildman–Crippen MR) is 86.4 cm³/mol. The second-order valence-corrected chi connectivity index (χ2v) is 5.57. The number of hydrazone groups is 1. The fourth-order valence-corrected chi connectivity index (χ4v) is 2.03. The number of hydrogen-bond donors (Lipinski definition) is 2. The molecule has 1 amide bonds. The number of benzene rings is 2. The maximum Gasteiger partial charge on any atom is 0.244 e. The van der Waals surface area contributed by atoms with E-state index in [0.29, 0.717) is 5.56 Å². The smallest absolute Gasteiger partial charge is 0.244 e. The van der Waals surface area contributed by atoms with Gasteiger partial charge in [-0.1, -0.05) is 34.1 Å². The molecule has 0 spiro atoms. The topological polar surface area (TPSA) is 61.7 Å². The molecular formula is C16H15BrN2O2. The summed E-state index contributed by atoms with van der Waals surface area (Å²) < 4.78 is 0.972. The van der Waals surface area contributed by atoms with Crippen LogP contribution in [0.4, 0.5) is 0 Å². The van der Waals surface area contributed by atoms with Crippen LogP contribution in [-0.4, -0.2) is 17.2 Å². The number of aryl methyl sites for hydroxylation is 1. The van der Waals surface area contributed by atoms with E-state index in [9.17, 15) is 9.90 Å². The third-order valence-corrected chi connectivity index (χ3v) is 3.39. The Morgan fingerprint density at radius 3 is 2.67 bits per heavy atom. The molecule has 0 atom stereocenters. The first-order chi connectivity index (χ1) is 10.0. The van der Waals surface area contributed by atoms with Gasteiger partial charge in [0, 0.05) is 10.0 Å². The molecule has 0 aliphatic carbocycles.